The van der Waals surface area contributed by atoms with Crippen molar-refractivity contribution in [1.82, 2.24) is 5.43 Å². The molecule has 0 atom stereocenters. The summed E-state index contributed by atoms with van der Waals surface area (Å²) in [7, 11) is 0. The number of carbonyl (C=O) groups excluding carboxylic acids is 2. The largest absolute Gasteiger partial charge is 0.489 e. The second-order valence-electron chi connectivity index (χ2n) is 4.80. The SMILES string of the molecule is C=CCOc1ccccc1/C=N\NC(=O)C(=O)Nc1ccc(F)cc1. The highest BCUT2D eigenvalue weighted by Gasteiger charge is 2.12. The smallest absolute Gasteiger partial charge is 0.329 e. The summed E-state index contributed by atoms with van der Waals surface area (Å²) < 4.78 is 18.2. The number of rotatable bonds is 6. The first-order chi connectivity index (χ1) is 12.1. The molecule has 2 amide bonds. The van der Waals surface area contributed by atoms with Gasteiger partial charge in [-0.1, -0.05) is 24.8 Å². The Labute approximate surface area is 144 Å². The van der Waals surface area contributed by atoms with Gasteiger partial charge in [0.05, 0.1) is 6.21 Å². The van der Waals surface area contributed by atoms with Crippen molar-refractivity contribution >= 4 is 23.7 Å². The number of anilines is 1. The molecule has 2 rings (SSSR count). The van der Waals surface area contributed by atoms with Gasteiger partial charge < -0.3 is 10.1 Å². The topological polar surface area (TPSA) is 79.8 Å². The van der Waals surface area contributed by atoms with E-state index < -0.39 is 17.6 Å². The fourth-order valence-corrected chi connectivity index (χ4v) is 1.80. The maximum Gasteiger partial charge on any atom is 0.329 e. The highest BCUT2D eigenvalue weighted by molar-refractivity contribution is 6.39. The van der Waals surface area contributed by atoms with Gasteiger partial charge in [0, 0.05) is 11.3 Å². The first-order valence-corrected chi connectivity index (χ1v) is 7.33. The van der Waals surface area contributed by atoms with Gasteiger partial charge in [0.2, 0.25) is 0 Å². The first-order valence-electron chi connectivity index (χ1n) is 7.33. The highest BCUT2D eigenvalue weighted by atomic mass is 19.1. The van der Waals surface area contributed by atoms with E-state index in [2.05, 4.69) is 22.4 Å². The lowest BCUT2D eigenvalue weighted by molar-refractivity contribution is -0.136. The summed E-state index contributed by atoms with van der Waals surface area (Å²) in [6.07, 6.45) is 2.97. The highest BCUT2D eigenvalue weighted by Crippen LogP contribution is 2.15. The van der Waals surface area contributed by atoms with Crippen molar-refractivity contribution in [2.75, 3.05) is 11.9 Å². The van der Waals surface area contributed by atoms with Crippen molar-refractivity contribution in [2.24, 2.45) is 5.10 Å². The van der Waals surface area contributed by atoms with Crippen LogP contribution in [0.25, 0.3) is 0 Å². The van der Waals surface area contributed by atoms with E-state index in [1.54, 1.807) is 30.3 Å². The Balaban J connectivity index is 1.92. The Hall–Kier alpha value is -3.48. The van der Waals surface area contributed by atoms with E-state index in [-0.39, 0.29) is 0 Å². The monoisotopic (exact) mass is 341 g/mol. The molecule has 2 aromatic rings. The standard InChI is InChI=1S/C18H16FN3O3/c1-2-11-25-16-6-4-3-5-13(16)12-20-22-18(24)17(23)21-15-9-7-14(19)8-10-15/h2-10,12H,1,11H2,(H,21,23)(H,22,24)/b20-12-. The average Bonchev–Trinajstić information content (AvgIpc) is 2.62. The van der Waals surface area contributed by atoms with Crippen LogP contribution >= 0.6 is 0 Å². The number of hydrogen-bond donors (Lipinski definition) is 2. The van der Waals surface area contributed by atoms with Gasteiger partial charge in [-0.15, -0.1) is 0 Å². The number of benzene rings is 2. The van der Waals surface area contributed by atoms with Crippen molar-refractivity contribution in [3.63, 3.8) is 0 Å². The Morgan fingerprint density at radius 3 is 2.56 bits per heavy atom. The molecule has 0 fully saturated rings. The van der Waals surface area contributed by atoms with Crippen LogP contribution in [0.1, 0.15) is 5.56 Å². The molecule has 0 aliphatic rings. The van der Waals surface area contributed by atoms with Gasteiger partial charge in [-0.3, -0.25) is 9.59 Å². The zero-order chi connectivity index (χ0) is 18.1. The normalized spacial score (nSPS) is 10.3. The molecule has 0 saturated carbocycles. The van der Waals surface area contributed by atoms with Crippen molar-refractivity contribution in [3.05, 3.63) is 72.6 Å². The molecular weight excluding hydrogens is 325 g/mol. The minimum atomic E-state index is -0.954. The molecule has 6 nitrogen and oxygen atoms in total. The van der Waals surface area contributed by atoms with Gasteiger partial charge in [-0.2, -0.15) is 5.10 Å². The minimum Gasteiger partial charge on any atom is -0.489 e. The summed E-state index contributed by atoms with van der Waals surface area (Å²) in [6.45, 7) is 3.90. The fourth-order valence-electron chi connectivity index (χ4n) is 1.80. The van der Waals surface area contributed by atoms with Gasteiger partial charge in [-0.05, 0) is 36.4 Å². The lowest BCUT2D eigenvalue weighted by atomic mass is 10.2. The maximum absolute atomic E-state index is 12.8. The average molecular weight is 341 g/mol. The number of ether oxygens (including phenoxy) is 1. The number of carbonyl (C=O) groups is 2. The summed E-state index contributed by atoms with van der Waals surface area (Å²) in [4.78, 5) is 23.4. The zero-order valence-corrected chi connectivity index (χ0v) is 13.2. The van der Waals surface area contributed by atoms with Gasteiger partial charge in [0.15, 0.2) is 0 Å². The minimum absolute atomic E-state index is 0.300. The van der Waals surface area contributed by atoms with E-state index in [0.29, 0.717) is 23.6 Å². The van der Waals surface area contributed by atoms with Crippen LogP contribution in [0.2, 0.25) is 0 Å². The van der Waals surface area contributed by atoms with E-state index in [0.717, 1.165) is 0 Å². The molecule has 0 aliphatic heterocycles. The molecule has 0 aromatic heterocycles. The van der Waals surface area contributed by atoms with Crippen LogP contribution in [0.3, 0.4) is 0 Å². The van der Waals surface area contributed by atoms with Gasteiger partial charge in [0.1, 0.15) is 18.2 Å². The van der Waals surface area contributed by atoms with E-state index in [9.17, 15) is 14.0 Å². The van der Waals surface area contributed by atoms with Crippen LogP contribution < -0.4 is 15.5 Å². The molecule has 0 unspecified atom stereocenters. The molecule has 0 aliphatic carbocycles. The van der Waals surface area contributed by atoms with Crippen LogP contribution in [-0.4, -0.2) is 24.6 Å². The lowest BCUT2D eigenvalue weighted by Gasteiger charge is -2.06. The molecule has 0 saturated heterocycles. The van der Waals surface area contributed by atoms with Gasteiger partial charge in [0.25, 0.3) is 0 Å². The predicted molar refractivity (Wildman–Crippen MR) is 92.9 cm³/mol. The summed E-state index contributed by atoms with van der Waals surface area (Å²) in [5.74, 6) is -1.74. The molecule has 0 radical (unpaired) electrons. The van der Waals surface area contributed by atoms with Crippen molar-refractivity contribution in [1.29, 1.82) is 0 Å². The second kappa shape index (κ2) is 8.97. The molecule has 0 heterocycles. The number of halogens is 1. The quantitative estimate of drug-likeness (QED) is 0.367. The number of para-hydroxylation sites is 1. The number of hydrogen-bond acceptors (Lipinski definition) is 4. The van der Waals surface area contributed by atoms with E-state index in [4.69, 9.17) is 4.74 Å². The van der Waals surface area contributed by atoms with Crippen LogP contribution in [0, 0.1) is 5.82 Å². The molecule has 0 bridgehead atoms. The first kappa shape index (κ1) is 17.9. The zero-order valence-electron chi connectivity index (χ0n) is 13.2. The van der Waals surface area contributed by atoms with Crippen LogP contribution in [0.5, 0.6) is 5.75 Å². The molecule has 7 heteroatoms. The lowest BCUT2D eigenvalue weighted by Crippen LogP contribution is -2.32. The van der Waals surface area contributed by atoms with Crippen LogP contribution in [-0.2, 0) is 9.59 Å². The Bertz CT molecular complexity index is 788. The fraction of sp³-hybridized carbons (Fsp3) is 0.0556. The number of amides is 2. The molecular formula is C18H16FN3O3. The maximum atomic E-state index is 12.8. The van der Waals surface area contributed by atoms with Crippen LogP contribution in [0.4, 0.5) is 10.1 Å². The Morgan fingerprint density at radius 1 is 1.12 bits per heavy atom. The van der Waals surface area contributed by atoms with E-state index >= 15 is 0 Å². The summed E-state index contributed by atoms with van der Waals surface area (Å²) >= 11 is 0. The molecule has 25 heavy (non-hydrogen) atoms. The third-order valence-corrected chi connectivity index (χ3v) is 2.95. The number of nitrogens with one attached hydrogen (secondary N) is 2. The van der Waals surface area contributed by atoms with Gasteiger partial charge in [-0.25, -0.2) is 9.82 Å². The van der Waals surface area contributed by atoms with Crippen LogP contribution in [0.15, 0.2) is 66.3 Å². The third kappa shape index (κ3) is 5.58. The van der Waals surface area contributed by atoms with E-state index in [1.807, 2.05) is 0 Å². The second-order valence-corrected chi connectivity index (χ2v) is 4.80. The van der Waals surface area contributed by atoms with E-state index in [1.165, 1.54) is 30.5 Å². The molecule has 128 valence electrons. The summed E-state index contributed by atoms with van der Waals surface area (Å²) in [5.41, 5.74) is 3.04. The molecule has 2 aromatic carbocycles. The van der Waals surface area contributed by atoms with Crippen molar-refractivity contribution in [2.45, 2.75) is 0 Å². The van der Waals surface area contributed by atoms with Gasteiger partial charge >= 0.3 is 11.8 Å². The number of nitrogens with zero attached hydrogens (tertiary/aromatic N) is 1. The Kier molecular flexibility index (Phi) is 6.41. The number of hydrazone groups is 1. The van der Waals surface area contributed by atoms with Crippen molar-refractivity contribution in [3.8, 4) is 5.75 Å². The van der Waals surface area contributed by atoms with Crippen molar-refractivity contribution < 1.29 is 18.7 Å². The summed E-state index contributed by atoms with van der Waals surface area (Å²) in [5, 5.41) is 6.07. The molecule has 2 N–H and O–H groups in total. The Morgan fingerprint density at radius 2 is 1.84 bits per heavy atom. The predicted octanol–water partition coefficient (Wildman–Crippen LogP) is 2.48. The summed E-state index contributed by atoms with van der Waals surface area (Å²) in [6, 6.07) is 12.1. The molecule has 0 spiro atoms. The third-order valence-electron chi connectivity index (χ3n) is 2.95.